The van der Waals surface area contributed by atoms with E-state index in [4.69, 9.17) is 0 Å². The molecule has 1 aliphatic rings. The summed E-state index contributed by atoms with van der Waals surface area (Å²) in [5.41, 5.74) is 1.28. The zero-order chi connectivity index (χ0) is 6.20. The molecule has 0 radical (unpaired) electrons. The summed E-state index contributed by atoms with van der Waals surface area (Å²) in [5, 5.41) is 0. The lowest BCUT2D eigenvalue weighted by Gasteiger charge is -2.11. The highest BCUT2D eigenvalue weighted by atomic mass is 32.2. The Labute approximate surface area is 54.7 Å². The zero-order valence-electron chi connectivity index (χ0n) is 5.56. The predicted octanol–water partition coefficient (Wildman–Crippen LogP) is 2.28. The fourth-order valence-electron chi connectivity index (χ4n) is 0.882. The monoisotopic (exact) mass is 129 g/mol. The van der Waals surface area contributed by atoms with Crippen molar-refractivity contribution in [3.63, 3.8) is 0 Å². The first-order valence-electron chi connectivity index (χ1n) is 2.82. The van der Waals surface area contributed by atoms with Gasteiger partial charge in [-0.25, -0.2) is 4.40 Å². The third-order valence-electron chi connectivity index (χ3n) is 1.13. The maximum atomic E-state index is 4.22. The molecular weight excluding hydrogens is 118 g/mol. The van der Waals surface area contributed by atoms with Crippen LogP contribution in [-0.4, -0.2) is 10.5 Å². The summed E-state index contributed by atoms with van der Waals surface area (Å²) in [6.07, 6.45) is 1.15. The molecule has 0 unspecified atom stereocenters. The summed E-state index contributed by atoms with van der Waals surface area (Å²) in [6.45, 7) is 6.52. The van der Waals surface area contributed by atoms with Crippen molar-refractivity contribution in [2.24, 2.45) is 4.40 Å². The Morgan fingerprint density at radius 2 is 2.25 bits per heavy atom. The van der Waals surface area contributed by atoms with Crippen molar-refractivity contribution in [1.82, 2.24) is 0 Å². The fourth-order valence-corrected chi connectivity index (χ4v) is 1.62. The SMILES string of the molecule is CC1=NSC(C)(C)C1. The average Bonchev–Trinajstić information content (AvgIpc) is 1.82. The van der Waals surface area contributed by atoms with Crippen LogP contribution in [0.4, 0.5) is 0 Å². The van der Waals surface area contributed by atoms with Crippen molar-refractivity contribution < 1.29 is 0 Å². The smallest absolute Gasteiger partial charge is 0.0374 e. The van der Waals surface area contributed by atoms with Gasteiger partial charge in [0.05, 0.1) is 0 Å². The van der Waals surface area contributed by atoms with Crippen molar-refractivity contribution in [2.45, 2.75) is 31.9 Å². The van der Waals surface area contributed by atoms with E-state index >= 15 is 0 Å². The highest BCUT2D eigenvalue weighted by Gasteiger charge is 2.24. The van der Waals surface area contributed by atoms with Crippen LogP contribution in [0.25, 0.3) is 0 Å². The Morgan fingerprint density at radius 1 is 1.62 bits per heavy atom. The van der Waals surface area contributed by atoms with Crippen LogP contribution < -0.4 is 0 Å². The maximum absolute atomic E-state index is 4.22. The molecule has 0 bridgehead atoms. The molecule has 0 aliphatic carbocycles. The number of rotatable bonds is 0. The van der Waals surface area contributed by atoms with Crippen LogP contribution in [0.15, 0.2) is 4.40 Å². The Hall–Kier alpha value is 0.0200. The van der Waals surface area contributed by atoms with Gasteiger partial charge >= 0.3 is 0 Å². The molecule has 1 aliphatic heterocycles. The van der Waals surface area contributed by atoms with Crippen LogP contribution in [0.2, 0.25) is 0 Å². The third kappa shape index (κ3) is 1.25. The molecule has 2 heteroatoms. The van der Waals surface area contributed by atoms with E-state index < -0.39 is 0 Å². The molecule has 0 saturated carbocycles. The van der Waals surface area contributed by atoms with E-state index in [1.54, 1.807) is 11.9 Å². The lowest BCUT2D eigenvalue weighted by atomic mass is 10.1. The molecule has 0 aromatic carbocycles. The molecule has 0 amide bonds. The maximum Gasteiger partial charge on any atom is 0.0374 e. The Bertz CT molecular complexity index is 126. The Kier molecular flexibility index (Phi) is 1.35. The minimum absolute atomic E-state index is 0.379. The molecule has 46 valence electrons. The number of hydrogen-bond acceptors (Lipinski definition) is 2. The fraction of sp³-hybridized carbons (Fsp3) is 0.833. The van der Waals surface area contributed by atoms with Crippen molar-refractivity contribution >= 4 is 17.7 Å². The quantitative estimate of drug-likeness (QED) is 0.457. The third-order valence-corrected chi connectivity index (χ3v) is 2.17. The molecule has 0 saturated heterocycles. The molecule has 1 nitrogen and oxygen atoms in total. The van der Waals surface area contributed by atoms with Gasteiger partial charge in [-0.05, 0) is 32.7 Å². The van der Waals surface area contributed by atoms with Gasteiger partial charge in [-0.3, -0.25) is 0 Å². The van der Waals surface area contributed by atoms with Crippen LogP contribution in [0.3, 0.4) is 0 Å². The van der Waals surface area contributed by atoms with Crippen LogP contribution in [0, 0.1) is 0 Å². The summed E-state index contributed by atoms with van der Waals surface area (Å²) in [6, 6.07) is 0. The van der Waals surface area contributed by atoms with Gasteiger partial charge in [0.2, 0.25) is 0 Å². The Morgan fingerprint density at radius 3 is 2.38 bits per heavy atom. The van der Waals surface area contributed by atoms with Gasteiger partial charge in [0.15, 0.2) is 0 Å². The van der Waals surface area contributed by atoms with E-state index in [9.17, 15) is 0 Å². The van der Waals surface area contributed by atoms with E-state index in [0.29, 0.717) is 4.75 Å². The molecule has 0 aromatic rings. The molecule has 0 aromatic heterocycles. The van der Waals surface area contributed by atoms with Crippen LogP contribution in [0.1, 0.15) is 27.2 Å². The second kappa shape index (κ2) is 1.76. The highest BCUT2D eigenvalue weighted by molar-refractivity contribution is 7.99. The first-order valence-corrected chi connectivity index (χ1v) is 3.59. The minimum Gasteiger partial charge on any atom is -0.225 e. The summed E-state index contributed by atoms with van der Waals surface area (Å²) in [7, 11) is 0. The molecule has 1 heterocycles. The zero-order valence-corrected chi connectivity index (χ0v) is 6.38. The second-order valence-corrected chi connectivity index (χ2v) is 4.32. The molecule has 0 atom stereocenters. The molecular formula is C6H11NS. The molecule has 0 N–H and O–H groups in total. The largest absolute Gasteiger partial charge is 0.225 e. The second-order valence-electron chi connectivity index (χ2n) is 2.85. The lowest BCUT2D eigenvalue weighted by Crippen LogP contribution is -2.11. The van der Waals surface area contributed by atoms with E-state index in [1.165, 1.54) is 5.71 Å². The van der Waals surface area contributed by atoms with Crippen LogP contribution in [-0.2, 0) is 0 Å². The summed E-state index contributed by atoms with van der Waals surface area (Å²) >= 11 is 1.70. The van der Waals surface area contributed by atoms with Crippen molar-refractivity contribution in [1.29, 1.82) is 0 Å². The Balaban J connectivity index is 2.55. The van der Waals surface area contributed by atoms with Crippen molar-refractivity contribution in [3.05, 3.63) is 0 Å². The molecule has 8 heavy (non-hydrogen) atoms. The van der Waals surface area contributed by atoms with Crippen LogP contribution in [0.5, 0.6) is 0 Å². The minimum atomic E-state index is 0.379. The van der Waals surface area contributed by atoms with Gasteiger partial charge in [0.1, 0.15) is 0 Å². The predicted molar refractivity (Wildman–Crippen MR) is 39.4 cm³/mol. The molecule has 0 spiro atoms. The lowest BCUT2D eigenvalue weighted by molar-refractivity contribution is 0.760. The molecule has 0 fully saturated rings. The van der Waals surface area contributed by atoms with Crippen LogP contribution >= 0.6 is 11.9 Å². The van der Waals surface area contributed by atoms with E-state index in [-0.39, 0.29) is 0 Å². The summed E-state index contributed by atoms with van der Waals surface area (Å²) < 4.78 is 4.60. The van der Waals surface area contributed by atoms with Gasteiger partial charge < -0.3 is 0 Å². The summed E-state index contributed by atoms with van der Waals surface area (Å²) in [5.74, 6) is 0. The standard InChI is InChI=1S/C6H11NS/c1-5-4-6(2,3)8-7-5/h4H2,1-3H3. The van der Waals surface area contributed by atoms with E-state index in [0.717, 1.165) is 6.42 Å². The van der Waals surface area contributed by atoms with E-state index in [1.807, 2.05) is 0 Å². The first kappa shape index (κ1) is 6.14. The summed E-state index contributed by atoms with van der Waals surface area (Å²) in [4.78, 5) is 0. The number of hydrogen-bond donors (Lipinski definition) is 0. The van der Waals surface area contributed by atoms with Crippen molar-refractivity contribution in [2.75, 3.05) is 0 Å². The van der Waals surface area contributed by atoms with Gasteiger partial charge in [0, 0.05) is 16.9 Å². The number of nitrogens with zero attached hydrogens (tertiary/aromatic N) is 1. The normalized spacial score (nSPS) is 25.6. The van der Waals surface area contributed by atoms with Crippen molar-refractivity contribution in [3.8, 4) is 0 Å². The van der Waals surface area contributed by atoms with Gasteiger partial charge in [-0.15, -0.1) is 0 Å². The topological polar surface area (TPSA) is 12.4 Å². The highest BCUT2D eigenvalue weighted by Crippen LogP contribution is 2.35. The van der Waals surface area contributed by atoms with E-state index in [2.05, 4.69) is 25.2 Å². The molecule has 1 rings (SSSR count). The first-order chi connectivity index (χ1) is 3.60. The van der Waals surface area contributed by atoms with Gasteiger partial charge in [-0.2, -0.15) is 0 Å². The van der Waals surface area contributed by atoms with Gasteiger partial charge in [-0.1, -0.05) is 0 Å². The average molecular weight is 129 g/mol. The van der Waals surface area contributed by atoms with Gasteiger partial charge in [0.25, 0.3) is 0 Å².